The van der Waals surface area contributed by atoms with Gasteiger partial charge in [0.1, 0.15) is 5.75 Å². The van der Waals surface area contributed by atoms with Crippen LogP contribution < -0.4 is 10.1 Å². The predicted octanol–water partition coefficient (Wildman–Crippen LogP) is 2.23. The SMILES string of the molecule is COc1ccc([C@H](C)NC(=O)[C@H]2[C@@H](C(=O)O)C2(C)C)cc1. The van der Waals surface area contributed by atoms with Crippen LogP contribution in [0.1, 0.15) is 32.4 Å². The Kier molecular flexibility index (Phi) is 3.94. The third kappa shape index (κ3) is 2.86. The van der Waals surface area contributed by atoms with E-state index >= 15 is 0 Å². The number of hydrogen-bond donors (Lipinski definition) is 2. The zero-order valence-electron chi connectivity index (χ0n) is 12.7. The highest BCUT2D eigenvalue weighted by Crippen LogP contribution is 2.58. The minimum Gasteiger partial charge on any atom is -0.497 e. The molecule has 0 bridgehead atoms. The van der Waals surface area contributed by atoms with E-state index in [-0.39, 0.29) is 11.9 Å². The van der Waals surface area contributed by atoms with Crippen molar-refractivity contribution in [3.63, 3.8) is 0 Å². The van der Waals surface area contributed by atoms with Gasteiger partial charge in [0, 0.05) is 0 Å². The number of ether oxygens (including phenoxy) is 1. The number of amides is 1. The highest BCUT2D eigenvalue weighted by Gasteiger charge is 2.65. The van der Waals surface area contributed by atoms with Gasteiger partial charge in [0.05, 0.1) is 25.0 Å². The van der Waals surface area contributed by atoms with Crippen molar-refractivity contribution >= 4 is 11.9 Å². The monoisotopic (exact) mass is 291 g/mol. The number of benzene rings is 1. The van der Waals surface area contributed by atoms with Gasteiger partial charge in [0.25, 0.3) is 0 Å². The van der Waals surface area contributed by atoms with Gasteiger partial charge in [-0.05, 0) is 30.0 Å². The summed E-state index contributed by atoms with van der Waals surface area (Å²) in [5, 5.41) is 12.0. The van der Waals surface area contributed by atoms with Crippen LogP contribution in [0.5, 0.6) is 5.75 Å². The minimum absolute atomic E-state index is 0.172. The first-order valence-corrected chi connectivity index (χ1v) is 6.96. The molecule has 0 heterocycles. The number of carboxylic acid groups (broad SMARTS) is 1. The Morgan fingerprint density at radius 2 is 1.81 bits per heavy atom. The zero-order valence-corrected chi connectivity index (χ0v) is 12.7. The van der Waals surface area contributed by atoms with Gasteiger partial charge in [-0.3, -0.25) is 9.59 Å². The Hall–Kier alpha value is -2.04. The smallest absolute Gasteiger partial charge is 0.307 e. The lowest BCUT2D eigenvalue weighted by Gasteiger charge is -2.15. The van der Waals surface area contributed by atoms with Crippen LogP contribution in [0.4, 0.5) is 0 Å². The molecule has 1 fully saturated rings. The molecule has 0 unspecified atom stereocenters. The molecule has 1 saturated carbocycles. The van der Waals surface area contributed by atoms with Gasteiger partial charge in [0.15, 0.2) is 0 Å². The van der Waals surface area contributed by atoms with Gasteiger partial charge < -0.3 is 15.2 Å². The number of nitrogens with one attached hydrogen (secondary N) is 1. The number of methoxy groups -OCH3 is 1. The highest BCUT2D eigenvalue weighted by molar-refractivity contribution is 5.91. The van der Waals surface area contributed by atoms with Crippen molar-refractivity contribution < 1.29 is 19.4 Å². The van der Waals surface area contributed by atoms with E-state index in [4.69, 9.17) is 9.84 Å². The van der Waals surface area contributed by atoms with Crippen LogP contribution in [0.15, 0.2) is 24.3 Å². The summed E-state index contributed by atoms with van der Waals surface area (Å²) in [6, 6.07) is 7.26. The minimum atomic E-state index is -0.905. The molecule has 1 aliphatic carbocycles. The second-order valence-electron chi connectivity index (χ2n) is 6.12. The summed E-state index contributed by atoms with van der Waals surface area (Å²) in [5.41, 5.74) is 0.477. The van der Waals surface area contributed by atoms with Crippen molar-refractivity contribution in [2.75, 3.05) is 7.11 Å². The summed E-state index contributed by atoms with van der Waals surface area (Å²) in [7, 11) is 1.60. The molecule has 3 atom stereocenters. The number of rotatable bonds is 5. The Morgan fingerprint density at radius 1 is 1.24 bits per heavy atom. The van der Waals surface area contributed by atoms with Crippen molar-refractivity contribution in [3.8, 4) is 5.75 Å². The largest absolute Gasteiger partial charge is 0.497 e. The topological polar surface area (TPSA) is 75.6 Å². The van der Waals surface area contributed by atoms with E-state index in [1.807, 2.05) is 45.0 Å². The van der Waals surface area contributed by atoms with Crippen LogP contribution in [-0.2, 0) is 9.59 Å². The molecule has 0 radical (unpaired) electrons. The summed E-state index contributed by atoms with van der Waals surface area (Å²) in [6.07, 6.45) is 0. The third-order valence-corrected chi connectivity index (χ3v) is 4.35. The molecule has 1 aromatic carbocycles. The fourth-order valence-corrected chi connectivity index (χ4v) is 2.87. The van der Waals surface area contributed by atoms with Crippen molar-refractivity contribution in [2.24, 2.45) is 17.3 Å². The summed E-state index contributed by atoms with van der Waals surface area (Å²) >= 11 is 0. The summed E-state index contributed by atoms with van der Waals surface area (Å²) in [5.74, 6) is -1.41. The van der Waals surface area contributed by atoms with Crippen LogP contribution in [0.25, 0.3) is 0 Å². The van der Waals surface area contributed by atoms with Crippen molar-refractivity contribution in [1.82, 2.24) is 5.32 Å². The second kappa shape index (κ2) is 5.39. The first-order valence-electron chi connectivity index (χ1n) is 6.96. The van der Waals surface area contributed by atoms with Crippen LogP contribution in [0.3, 0.4) is 0 Å². The molecule has 5 nitrogen and oxygen atoms in total. The van der Waals surface area contributed by atoms with Gasteiger partial charge in [0.2, 0.25) is 5.91 Å². The van der Waals surface area contributed by atoms with E-state index in [2.05, 4.69) is 5.32 Å². The molecule has 5 heteroatoms. The average Bonchev–Trinajstić information content (AvgIpc) is 3.02. The van der Waals surface area contributed by atoms with E-state index < -0.39 is 23.2 Å². The first-order chi connectivity index (χ1) is 9.78. The molecule has 1 aliphatic rings. The van der Waals surface area contributed by atoms with E-state index in [9.17, 15) is 9.59 Å². The van der Waals surface area contributed by atoms with Gasteiger partial charge in [-0.2, -0.15) is 0 Å². The number of hydrogen-bond acceptors (Lipinski definition) is 3. The number of carbonyl (C=O) groups is 2. The fourth-order valence-electron chi connectivity index (χ4n) is 2.87. The van der Waals surface area contributed by atoms with Crippen molar-refractivity contribution in [3.05, 3.63) is 29.8 Å². The van der Waals surface area contributed by atoms with E-state index in [0.717, 1.165) is 11.3 Å². The van der Waals surface area contributed by atoms with Gasteiger partial charge in [-0.15, -0.1) is 0 Å². The molecule has 0 saturated heterocycles. The normalized spacial score (nSPS) is 24.0. The summed E-state index contributed by atoms with van der Waals surface area (Å²) in [6.45, 7) is 5.51. The van der Waals surface area contributed by atoms with Crippen LogP contribution >= 0.6 is 0 Å². The maximum atomic E-state index is 12.2. The van der Waals surface area contributed by atoms with Crippen molar-refractivity contribution in [1.29, 1.82) is 0 Å². The Bertz CT molecular complexity index is 550. The van der Waals surface area contributed by atoms with Crippen LogP contribution in [0.2, 0.25) is 0 Å². The molecule has 1 amide bonds. The molecular weight excluding hydrogens is 270 g/mol. The van der Waals surface area contributed by atoms with E-state index in [1.165, 1.54) is 0 Å². The summed E-state index contributed by atoms with van der Waals surface area (Å²) in [4.78, 5) is 23.4. The molecule has 0 spiro atoms. The zero-order chi connectivity index (χ0) is 15.8. The molecule has 21 heavy (non-hydrogen) atoms. The molecule has 0 aliphatic heterocycles. The second-order valence-corrected chi connectivity index (χ2v) is 6.12. The lowest BCUT2D eigenvalue weighted by atomic mass is 10.1. The van der Waals surface area contributed by atoms with E-state index in [1.54, 1.807) is 7.11 Å². The Labute approximate surface area is 124 Å². The Morgan fingerprint density at radius 3 is 2.24 bits per heavy atom. The maximum Gasteiger partial charge on any atom is 0.307 e. The number of aliphatic carboxylic acids is 1. The lowest BCUT2D eigenvalue weighted by Crippen LogP contribution is -2.30. The first kappa shape index (κ1) is 15.4. The standard InChI is InChI=1S/C16H21NO4/c1-9(10-5-7-11(21-4)8-6-10)17-14(18)12-13(15(19)20)16(12,2)3/h5-9,12-13H,1-4H3,(H,17,18)(H,19,20)/t9-,12+,13-/m0/s1. The van der Waals surface area contributed by atoms with Gasteiger partial charge >= 0.3 is 5.97 Å². The predicted molar refractivity (Wildman–Crippen MR) is 77.9 cm³/mol. The molecule has 114 valence electrons. The lowest BCUT2D eigenvalue weighted by molar-refractivity contribution is -0.140. The number of carboxylic acids is 1. The Balaban J connectivity index is 2.01. The van der Waals surface area contributed by atoms with Crippen molar-refractivity contribution in [2.45, 2.75) is 26.8 Å². The molecule has 1 aromatic rings. The van der Waals surface area contributed by atoms with Gasteiger partial charge in [-0.1, -0.05) is 26.0 Å². The molecule has 2 rings (SSSR count). The van der Waals surface area contributed by atoms with Gasteiger partial charge in [-0.25, -0.2) is 0 Å². The van der Waals surface area contributed by atoms with Crippen LogP contribution in [0, 0.1) is 17.3 Å². The quantitative estimate of drug-likeness (QED) is 0.872. The fraction of sp³-hybridized carbons (Fsp3) is 0.500. The third-order valence-electron chi connectivity index (χ3n) is 4.35. The molecule has 2 N–H and O–H groups in total. The average molecular weight is 291 g/mol. The summed E-state index contributed by atoms with van der Waals surface area (Å²) < 4.78 is 5.09. The number of carbonyl (C=O) groups excluding carboxylic acids is 1. The van der Waals surface area contributed by atoms with Crippen LogP contribution in [-0.4, -0.2) is 24.1 Å². The molecule has 0 aromatic heterocycles. The highest BCUT2D eigenvalue weighted by atomic mass is 16.5. The maximum absolute atomic E-state index is 12.2. The van der Waals surface area contributed by atoms with E-state index in [0.29, 0.717) is 0 Å². The molecular formula is C16H21NO4.